The highest BCUT2D eigenvalue weighted by Gasteiger charge is 2.33. The Morgan fingerprint density at radius 1 is 1.36 bits per heavy atom. The maximum Gasteiger partial charge on any atom is 0.434 e. The van der Waals surface area contributed by atoms with Crippen LogP contribution in [0.25, 0.3) is 0 Å². The summed E-state index contributed by atoms with van der Waals surface area (Å²) in [5.41, 5.74) is -1.35. The third kappa shape index (κ3) is 1.86. The third-order valence-electron chi connectivity index (χ3n) is 0.853. The number of halogens is 4. The van der Waals surface area contributed by atoms with Gasteiger partial charge in [0.15, 0.2) is 5.69 Å². The van der Waals surface area contributed by atoms with Crippen LogP contribution in [0.2, 0.25) is 0 Å². The lowest BCUT2D eigenvalue weighted by Crippen LogP contribution is -2.09. The van der Waals surface area contributed by atoms with Crippen molar-refractivity contribution in [1.29, 1.82) is 0 Å². The molecule has 0 aliphatic rings. The summed E-state index contributed by atoms with van der Waals surface area (Å²) in [5.74, 6) is -1.36. The van der Waals surface area contributed by atoms with Gasteiger partial charge >= 0.3 is 6.18 Å². The molecule has 1 heterocycles. The van der Waals surface area contributed by atoms with E-state index in [1.165, 1.54) is 0 Å². The van der Waals surface area contributed by atoms with Crippen molar-refractivity contribution in [2.75, 3.05) is 0 Å². The molecule has 1 radical (unpaired) electrons. The monoisotopic (exact) mass is 165 g/mol. The number of aromatic nitrogens is 2. The van der Waals surface area contributed by atoms with Crippen molar-refractivity contribution in [3.8, 4) is 0 Å². The predicted molar refractivity (Wildman–Crippen MR) is 25.8 cm³/mol. The van der Waals surface area contributed by atoms with Gasteiger partial charge in [-0.3, -0.25) is 0 Å². The first-order chi connectivity index (χ1) is 5.00. The van der Waals surface area contributed by atoms with E-state index in [4.69, 9.17) is 0 Å². The van der Waals surface area contributed by atoms with Gasteiger partial charge in [0.25, 0.3) is 0 Å². The lowest BCUT2D eigenvalue weighted by molar-refractivity contribution is -0.141. The molecule has 0 spiro atoms. The largest absolute Gasteiger partial charge is 0.434 e. The van der Waals surface area contributed by atoms with Gasteiger partial charge < -0.3 is 0 Å². The molecule has 0 aliphatic carbocycles. The van der Waals surface area contributed by atoms with E-state index < -0.39 is 17.8 Å². The number of hydrogen-bond donors (Lipinski definition) is 0. The summed E-state index contributed by atoms with van der Waals surface area (Å²) < 4.78 is 47.0. The molecule has 0 atom stereocenters. The summed E-state index contributed by atoms with van der Waals surface area (Å²) in [5, 5.41) is 0. The molecule has 0 N–H and O–H groups in total. The Hall–Kier alpha value is -1.20. The molecule has 6 heteroatoms. The lowest BCUT2D eigenvalue weighted by Gasteiger charge is -2.02. The van der Waals surface area contributed by atoms with Gasteiger partial charge in [-0.2, -0.15) is 17.6 Å². The summed E-state index contributed by atoms with van der Waals surface area (Å²) in [7, 11) is 0. The number of nitrogens with zero attached hydrogens (tertiary/aromatic N) is 2. The molecule has 0 aliphatic heterocycles. The minimum Gasteiger partial charge on any atom is -0.247 e. The van der Waals surface area contributed by atoms with Gasteiger partial charge in [0, 0.05) is 0 Å². The molecule has 11 heavy (non-hydrogen) atoms. The Bertz CT molecular complexity index is 257. The molecule has 1 aromatic heterocycles. The van der Waals surface area contributed by atoms with Gasteiger partial charge in [-0.25, -0.2) is 9.97 Å². The second-order valence-corrected chi connectivity index (χ2v) is 1.66. The smallest absolute Gasteiger partial charge is 0.247 e. The average molecular weight is 165 g/mol. The zero-order valence-corrected chi connectivity index (χ0v) is 4.98. The Balaban J connectivity index is 3.06. The van der Waals surface area contributed by atoms with Crippen LogP contribution >= 0.6 is 0 Å². The van der Waals surface area contributed by atoms with E-state index in [1.54, 1.807) is 6.20 Å². The summed E-state index contributed by atoms with van der Waals surface area (Å²) in [6, 6.07) is 0. The van der Waals surface area contributed by atoms with Crippen LogP contribution in [0.5, 0.6) is 0 Å². The topological polar surface area (TPSA) is 25.8 Å². The maximum absolute atomic E-state index is 12.0. The minimum atomic E-state index is -4.65. The number of rotatable bonds is 0. The van der Waals surface area contributed by atoms with E-state index in [-0.39, 0.29) is 0 Å². The fourth-order valence-corrected chi connectivity index (χ4v) is 0.443. The van der Waals surface area contributed by atoms with Crippen molar-refractivity contribution in [3.05, 3.63) is 24.0 Å². The Morgan fingerprint density at radius 3 is 2.36 bits per heavy atom. The van der Waals surface area contributed by atoms with Crippen LogP contribution in [0.1, 0.15) is 5.69 Å². The van der Waals surface area contributed by atoms with Crippen LogP contribution in [-0.2, 0) is 6.18 Å². The fourth-order valence-electron chi connectivity index (χ4n) is 0.443. The van der Waals surface area contributed by atoms with E-state index in [1.807, 2.05) is 0 Å². The zero-order chi connectivity index (χ0) is 8.48. The van der Waals surface area contributed by atoms with Crippen LogP contribution in [0.4, 0.5) is 17.6 Å². The quantitative estimate of drug-likeness (QED) is 0.543. The third-order valence-corrected chi connectivity index (χ3v) is 0.853. The Labute approximate surface area is 58.9 Å². The highest BCUT2D eigenvalue weighted by Crippen LogP contribution is 2.26. The summed E-state index contributed by atoms with van der Waals surface area (Å²) in [4.78, 5) is 5.40. The molecule has 0 fully saturated rings. The van der Waals surface area contributed by atoms with E-state index in [9.17, 15) is 17.6 Å². The van der Waals surface area contributed by atoms with Gasteiger partial charge in [-0.1, -0.05) is 0 Å². The summed E-state index contributed by atoms with van der Waals surface area (Å²) in [6.07, 6.45) is -2.63. The molecule has 0 saturated carbocycles. The fraction of sp³-hybridized carbons (Fsp3) is 0.200. The average Bonchev–Trinajstić information content (AvgIpc) is 1.86. The SMILES string of the molecule is Fc1[c]ncc(C(F)(F)F)n1. The second kappa shape index (κ2) is 2.44. The van der Waals surface area contributed by atoms with Crippen LogP contribution in [0.15, 0.2) is 6.20 Å². The number of hydrogen-bond acceptors (Lipinski definition) is 2. The van der Waals surface area contributed by atoms with E-state index >= 15 is 0 Å². The molecule has 0 saturated heterocycles. The maximum atomic E-state index is 12.0. The van der Waals surface area contributed by atoms with Gasteiger partial charge in [-0.15, -0.1) is 0 Å². The molecular formula is C5HF4N2. The normalized spacial score (nSPS) is 11.6. The predicted octanol–water partition coefficient (Wildman–Crippen LogP) is 1.43. The van der Waals surface area contributed by atoms with Crippen molar-refractivity contribution in [3.63, 3.8) is 0 Å². The first-order valence-electron chi connectivity index (χ1n) is 2.47. The molecule has 0 bridgehead atoms. The van der Waals surface area contributed by atoms with Crippen molar-refractivity contribution in [1.82, 2.24) is 9.97 Å². The number of alkyl halides is 3. The standard InChI is InChI=1S/C5HF4N2/c6-4-2-10-1-3(11-4)5(7,8)9/h1H. The molecular weight excluding hydrogens is 164 g/mol. The molecule has 0 unspecified atom stereocenters. The highest BCUT2D eigenvalue weighted by atomic mass is 19.4. The summed E-state index contributed by atoms with van der Waals surface area (Å²) in [6.45, 7) is 0. The first-order valence-corrected chi connectivity index (χ1v) is 2.47. The molecule has 1 rings (SSSR count). The zero-order valence-electron chi connectivity index (χ0n) is 4.98. The highest BCUT2D eigenvalue weighted by molar-refractivity contribution is 4.99. The molecule has 1 aromatic rings. The molecule has 2 nitrogen and oxygen atoms in total. The van der Waals surface area contributed by atoms with E-state index in [0.717, 1.165) is 0 Å². The summed E-state index contributed by atoms with van der Waals surface area (Å²) >= 11 is 0. The molecule has 0 aromatic carbocycles. The van der Waals surface area contributed by atoms with Crippen LogP contribution in [-0.4, -0.2) is 9.97 Å². The van der Waals surface area contributed by atoms with Gasteiger partial charge in [0.2, 0.25) is 5.95 Å². The van der Waals surface area contributed by atoms with E-state index in [2.05, 4.69) is 9.97 Å². The van der Waals surface area contributed by atoms with Gasteiger partial charge in [0.1, 0.15) is 6.20 Å². The van der Waals surface area contributed by atoms with Crippen molar-refractivity contribution < 1.29 is 17.6 Å². The lowest BCUT2D eigenvalue weighted by atomic mass is 10.4. The van der Waals surface area contributed by atoms with Crippen molar-refractivity contribution >= 4 is 0 Å². The van der Waals surface area contributed by atoms with Crippen LogP contribution in [0, 0.1) is 12.1 Å². The minimum absolute atomic E-state index is 0.406. The van der Waals surface area contributed by atoms with Gasteiger partial charge in [-0.05, 0) is 0 Å². The molecule has 0 amide bonds. The van der Waals surface area contributed by atoms with Crippen molar-refractivity contribution in [2.45, 2.75) is 6.18 Å². The van der Waals surface area contributed by atoms with Crippen molar-refractivity contribution in [2.24, 2.45) is 0 Å². The molecule has 59 valence electrons. The Morgan fingerprint density at radius 2 is 2.00 bits per heavy atom. The van der Waals surface area contributed by atoms with Crippen LogP contribution in [0.3, 0.4) is 0 Å². The second-order valence-electron chi connectivity index (χ2n) is 1.66. The Kier molecular flexibility index (Phi) is 1.76. The van der Waals surface area contributed by atoms with E-state index in [0.29, 0.717) is 6.20 Å². The van der Waals surface area contributed by atoms with Gasteiger partial charge in [0.05, 0.1) is 6.20 Å². The van der Waals surface area contributed by atoms with Crippen LogP contribution < -0.4 is 0 Å². The first kappa shape index (κ1) is 7.90.